The van der Waals surface area contributed by atoms with Crippen LogP contribution in [-0.2, 0) is 42.7 Å². The Morgan fingerprint density at radius 3 is 2.25 bits per heavy atom. The summed E-state index contributed by atoms with van der Waals surface area (Å²) in [5.74, 6) is -3.46. The van der Waals surface area contributed by atoms with Crippen LogP contribution in [0.5, 0.6) is 0 Å². The Morgan fingerprint density at radius 2 is 1.66 bits per heavy atom. The van der Waals surface area contributed by atoms with Crippen LogP contribution in [0.2, 0.25) is 0 Å². The molecule has 15 heteroatoms. The highest BCUT2D eigenvalue weighted by Gasteiger charge is 2.59. The van der Waals surface area contributed by atoms with Crippen molar-refractivity contribution in [2.24, 2.45) is 23.7 Å². The zero-order chi connectivity index (χ0) is 43.9. The standard InChI is InChI=1S/C44H70BrNO13/c1-14-31(47)44(10,51)38-24(4)33-22(2)20-43(9,59-33)37(25(5)34(26(6)39(49)57-38)55-32-21-42(8,52-13)36(48)27(7)54-32)58-41-35(30(46(11)12)19-23(3)53-41)56-40(50)28-15-17-29(45)18-16-28/h15-18,22-27,30-38,41,47-48,51H,14,19-21H2,1-13H3/t22?,23?,24-,25-,26+,27?,30?,31+,32-,33?,34-,35?,36-,37+,38+,41-,42?,43?,44+/m0/s1. The average Bonchev–Trinajstić information content (AvgIpc) is 3.50. The van der Waals surface area contributed by atoms with Crippen LogP contribution in [-0.4, -0.2) is 144 Å². The number of aliphatic hydroxyl groups is 3. The molecule has 0 aromatic heterocycles. The van der Waals surface area contributed by atoms with Gasteiger partial charge in [0.15, 0.2) is 18.7 Å². The molecule has 59 heavy (non-hydrogen) atoms. The van der Waals surface area contributed by atoms with Crippen LogP contribution in [0.15, 0.2) is 28.7 Å². The lowest BCUT2D eigenvalue weighted by molar-refractivity contribution is -0.317. The average molecular weight is 901 g/mol. The predicted octanol–water partition coefficient (Wildman–Crippen LogP) is 5.25. The second-order valence-electron chi connectivity index (χ2n) is 18.6. The Labute approximate surface area is 359 Å². The van der Waals surface area contributed by atoms with Gasteiger partial charge in [0.2, 0.25) is 0 Å². The lowest BCUT2D eigenvalue weighted by atomic mass is 9.76. The summed E-state index contributed by atoms with van der Waals surface area (Å²) in [5.41, 5.74) is -3.51. The molecule has 8 unspecified atom stereocenters. The normalized spacial score (nSPS) is 43.6. The van der Waals surface area contributed by atoms with E-state index in [-0.39, 0.29) is 30.9 Å². The molecule has 4 aliphatic heterocycles. The lowest BCUT2D eigenvalue weighted by Gasteiger charge is -2.49. The van der Waals surface area contributed by atoms with E-state index in [1.54, 1.807) is 52.0 Å². The van der Waals surface area contributed by atoms with Crippen LogP contribution in [0.4, 0.5) is 0 Å². The number of carbonyl (C=O) groups excluding carboxylic acids is 2. The Hall–Kier alpha value is -1.76. The van der Waals surface area contributed by atoms with Gasteiger partial charge in [0, 0.05) is 29.8 Å². The molecule has 0 spiro atoms. The molecule has 4 aliphatic rings. The number of aliphatic hydroxyl groups excluding tert-OH is 2. The molecule has 2 bridgehead atoms. The molecule has 5 rings (SSSR count). The SMILES string of the molecule is CC[C@@H](O)[C@@](C)(O)[C@@H]1OC(=O)[C@H](C)[C@@H](O[C@H]2CC(C)(OC)[C@@H](O)C(C)O2)[C@H](C)[C@@H](O[C@@H]2OC(C)CC(N(C)C)C2OC(=O)c2ccc(Br)cc2)C2(C)CC(C)C(O2)[C@@H]1C. The van der Waals surface area contributed by atoms with Gasteiger partial charge in [0.1, 0.15) is 17.8 Å². The zero-order valence-corrected chi connectivity index (χ0v) is 38.7. The summed E-state index contributed by atoms with van der Waals surface area (Å²) in [7, 11) is 5.38. The van der Waals surface area contributed by atoms with Gasteiger partial charge in [-0.2, -0.15) is 0 Å². The second kappa shape index (κ2) is 18.9. The largest absolute Gasteiger partial charge is 0.459 e. The number of carbonyl (C=O) groups is 2. The molecule has 0 saturated carbocycles. The lowest BCUT2D eigenvalue weighted by Crippen LogP contribution is -2.61. The maximum atomic E-state index is 14.5. The van der Waals surface area contributed by atoms with Crippen molar-refractivity contribution < 1.29 is 62.8 Å². The first-order chi connectivity index (χ1) is 27.5. The Balaban J connectivity index is 1.62. The topological polar surface area (TPSA) is 172 Å². The minimum atomic E-state index is -1.82. The van der Waals surface area contributed by atoms with Crippen molar-refractivity contribution in [1.29, 1.82) is 0 Å². The molecule has 336 valence electrons. The van der Waals surface area contributed by atoms with Crippen LogP contribution in [0, 0.1) is 23.7 Å². The molecule has 14 nitrogen and oxygen atoms in total. The second-order valence-corrected chi connectivity index (χ2v) is 19.6. The summed E-state index contributed by atoms with van der Waals surface area (Å²) in [6, 6.07) is 6.65. The summed E-state index contributed by atoms with van der Waals surface area (Å²) < 4.78 is 53.3. The molecule has 0 radical (unpaired) electrons. The minimum Gasteiger partial charge on any atom is -0.459 e. The van der Waals surface area contributed by atoms with Crippen molar-refractivity contribution in [2.75, 3.05) is 21.2 Å². The number of cyclic esters (lactones) is 1. The number of hydrogen-bond acceptors (Lipinski definition) is 14. The molecule has 1 aromatic carbocycles. The van der Waals surface area contributed by atoms with Crippen LogP contribution < -0.4 is 0 Å². The third kappa shape index (κ3) is 10.1. The number of nitrogens with zero attached hydrogens (tertiary/aromatic N) is 1. The van der Waals surface area contributed by atoms with Crippen molar-refractivity contribution in [3.8, 4) is 0 Å². The van der Waals surface area contributed by atoms with E-state index in [2.05, 4.69) is 22.9 Å². The quantitative estimate of drug-likeness (QED) is 0.246. The van der Waals surface area contributed by atoms with Gasteiger partial charge in [-0.3, -0.25) is 4.79 Å². The van der Waals surface area contributed by atoms with E-state index >= 15 is 0 Å². The van der Waals surface area contributed by atoms with Crippen LogP contribution in [0.25, 0.3) is 0 Å². The van der Waals surface area contributed by atoms with E-state index in [0.29, 0.717) is 18.4 Å². The number of ether oxygens (including phenoxy) is 8. The Bertz CT molecular complexity index is 1580. The van der Waals surface area contributed by atoms with E-state index in [1.807, 2.05) is 46.7 Å². The van der Waals surface area contributed by atoms with Crippen molar-refractivity contribution in [3.63, 3.8) is 0 Å². The van der Waals surface area contributed by atoms with Gasteiger partial charge in [0.25, 0.3) is 0 Å². The van der Waals surface area contributed by atoms with E-state index < -0.39 is 108 Å². The van der Waals surface area contributed by atoms with Gasteiger partial charge >= 0.3 is 11.9 Å². The fourth-order valence-electron chi connectivity index (χ4n) is 10.1. The van der Waals surface area contributed by atoms with Crippen molar-refractivity contribution in [1.82, 2.24) is 4.90 Å². The van der Waals surface area contributed by atoms with E-state index in [0.717, 1.165) is 4.47 Å². The highest BCUT2D eigenvalue weighted by molar-refractivity contribution is 9.10. The molecule has 1 aromatic rings. The molecule has 4 fully saturated rings. The summed E-state index contributed by atoms with van der Waals surface area (Å²) in [4.78, 5) is 30.3. The number of esters is 2. The molecule has 3 N–H and O–H groups in total. The number of rotatable bonds is 11. The van der Waals surface area contributed by atoms with Crippen LogP contribution in [0.3, 0.4) is 0 Å². The third-order valence-electron chi connectivity index (χ3n) is 13.7. The minimum absolute atomic E-state index is 0.113. The van der Waals surface area contributed by atoms with Gasteiger partial charge in [-0.05, 0) is 105 Å². The number of halogens is 1. The first-order valence-corrected chi connectivity index (χ1v) is 22.0. The van der Waals surface area contributed by atoms with Crippen LogP contribution >= 0.6 is 15.9 Å². The number of methoxy groups -OCH3 is 1. The number of fused-ring (bicyclic) bond motifs is 2. The third-order valence-corrected chi connectivity index (χ3v) is 14.2. The number of likely N-dealkylation sites (N-methyl/N-ethyl adjacent to an activating group) is 1. The molecular formula is C44H70BrNO13. The van der Waals surface area contributed by atoms with Crippen LogP contribution in [0.1, 0.15) is 105 Å². The fraction of sp³-hybridized carbons (Fsp3) is 0.818. The van der Waals surface area contributed by atoms with Gasteiger partial charge in [-0.25, -0.2) is 4.79 Å². The van der Waals surface area contributed by atoms with Crippen molar-refractivity contribution >= 4 is 27.9 Å². The number of benzene rings is 1. The van der Waals surface area contributed by atoms with E-state index in [4.69, 9.17) is 37.9 Å². The summed E-state index contributed by atoms with van der Waals surface area (Å²) in [5, 5.41) is 34.1. The van der Waals surface area contributed by atoms with Gasteiger partial charge in [0.05, 0.1) is 65.3 Å². The van der Waals surface area contributed by atoms with Crippen molar-refractivity contribution in [3.05, 3.63) is 34.3 Å². The van der Waals surface area contributed by atoms with E-state index in [1.165, 1.54) is 14.0 Å². The molecule has 4 heterocycles. The van der Waals surface area contributed by atoms with E-state index in [9.17, 15) is 24.9 Å². The molecule has 4 saturated heterocycles. The molecule has 19 atom stereocenters. The monoisotopic (exact) mass is 899 g/mol. The molecular weight excluding hydrogens is 830 g/mol. The Morgan fingerprint density at radius 1 is 1.02 bits per heavy atom. The van der Waals surface area contributed by atoms with Gasteiger partial charge < -0.3 is 58.1 Å². The molecule has 0 aliphatic carbocycles. The summed E-state index contributed by atoms with van der Waals surface area (Å²) >= 11 is 3.44. The highest BCUT2D eigenvalue weighted by atomic mass is 79.9. The predicted molar refractivity (Wildman–Crippen MR) is 221 cm³/mol. The maximum absolute atomic E-state index is 14.5. The Kier molecular flexibility index (Phi) is 15.5. The summed E-state index contributed by atoms with van der Waals surface area (Å²) in [6.45, 7) is 18.3. The smallest absolute Gasteiger partial charge is 0.338 e. The first kappa shape index (κ1) is 48.3. The first-order valence-electron chi connectivity index (χ1n) is 21.2. The van der Waals surface area contributed by atoms with Crippen molar-refractivity contribution in [2.45, 2.75) is 185 Å². The zero-order valence-electron chi connectivity index (χ0n) is 37.1. The van der Waals surface area contributed by atoms with Gasteiger partial charge in [-0.1, -0.05) is 43.6 Å². The highest BCUT2D eigenvalue weighted by Crippen LogP contribution is 2.49. The molecule has 0 amide bonds. The number of hydrogen-bond donors (Lipinski definition) is 3. The maximum Gasteiger partial charge on any atom is 0.338 e. The van der Waals surface area contributed by atoms with Gasteiger partial charge in [-0.15, -0.1) is 0 Å². The fourth-order valence-corrected chi connectivity index (χ4v) is 10.4. The summed E-state index contributed by atoms with van der Waals surface area (Å²) in [6.07, 6.45) is -7.97.